The fourth-order valence-corrected chi connectivity index (χ4v) is 3.45. The van der Waals surface area contributed by atoms with Gasteiger partial charge in [-0.15, -0.1) is 0 Å². The molecule has 1 saturated heterocycles. The summed E-state index contributed by atoms with van der Waals surface area (Å²) in [7, 11) is 4.23. The molecule has 118 valence electrons. The first-order valence-corrected chi connectivity index (χ1v) is 7.85. The minimum absolute atomic E-state index is 0.103. The molecule has 0 saturated carbocycles. The van der Waals surface area contributed by atoms with Crippen molar-refractivity contribution in [3.8, 4) is 0 Å². The number of nitrogens with zero attached hydrogens (tertiary/aromatic N) is 3. The van der Waals surface area contributed by atoms with E-state index in [1.165, 1.54) is 0 Å². The Morgan fingerprint density at radius 3 is 2.48 bits per heavy atom. The molecule has 2 heterocycles. The van der Waals surface area contributed by atoms with Gasteiger partial charge in [0.25, 0.3) is 0 Å². The molecule has 1 aromatic heterocycles. The summed E-state index contributed by atoms with van der Waals surface area (Å²) in [6, 6.07) is 0. The molecule has 0 spiro atoms. The lowest BCUT2D eigenvalue weighted by molar-refractivity contribution is -0.133. The number of aromatic amines is 1. The van der Waals surface area contributed by atoms with E-state index >= 15 is 0 Å². The van der Waals surface area contributed by atoms with Crippen molar-refractivity contribution in [2.45, 2.75) is 39.5 Å². The molecule has 1 fully saturated rings. The van der Waals surface area contributed by atoms with Gasteiger partial charge in [-0.25, -0.2) is 0 Å². The molecular weight excluding hydrogens is 264 g/mol. The van der Waals surface area contributed by atoms with E-state index in [-0.39, 0.29) is 11.8 Å². The Kier molecular flexibility index (Phi) is 5.04. The number of aryl methyl sites for hydroxylation is 2. The Hall–Kier alpha value is -1.36. The summed E-state index contributed by atoms with van der Waals surface area (Å²) in [6.07, 6.45) is 2.22. The highest BCUT2D eigenvalue weighted by atomic mass is 16.2. The van der Waals surface area contributed by atoms with Crippen molar-refractivity contribution >= 4 is 5.91 Å². The van der Waals surface area contributed by atoms with Crippen LogP contribution in [0.5, 0.6) is 0 Å². The number of amides is 1. The predicted octanol–water partition coefficient (Wildman–Crippen LogP) is 1.93. The minimum Gasteiger partial charge on any atom is -0.342 e. The molecule has 1 atom stereocenters. The molecule has 1 unspecified atom stereocenters. The highest BCUT2D eigenvalue weighted by Crippen LogP contribution is 2.26. The van der Waals surface area contributed by atoms with Crippen LogP contribution in [0.1, 0.15) is 42.6 Å². The molecule has 5 heteroatoms. The molecule has 0 aromatic carbocycles. The smallest absolute Gasteiger partial charge is 0.229 e. The standard InChI is InChI=1S/C16H28N4O/c1-11(15-12(2)17-18-13(15)3)16(21)20-8-6-14(7-9-20)10-19(4)5/h11,14H,6-10H2,1-5H3,(H,17,18). The number of carbonyl (C=O) groups is 1. The predicted molar refractivity (Wildman–Crippen MR) is 84.3 cm³/mol. The van der Waals surface area contributed by atoms with Crippen molar-refractivity contribution in [1.29, 1.82) is 0 Å². The van der Waals surface area contributed by atoms with Crippen LogP contribution < -0.4 is 0 Å². The lowest BCUT2D eigenvalue weighted by Gasteiger charge is -2.34. The van der Waals surface area contributed by atoms with Crippen LogP contribution in [-0.2, 0) is 4.79 Å². The molecule has 1 aliphatic rings. The zero-order valence-corrected chi connectivity index (χ0v) is 13.9. The van der Waals surface area contributed by atoms with Crippen molar-refractivity contribution in [2.24, 2.45) is 5.92 Å². The molecule has 5 nitrogen and oxygen atoms in total. The Labute approximate surface area is 127 Å². The third kappa shape index (κ3) is 3.64. The Bertz CT molecular complexity index is 467. The molecule has 21 heavy (non-hydrogen) atoms. The molecular formula is C16H28N4O. The van der Waals surface area contributed by atoms with Gasteiger partial charge in [0, 0.05) is 30.9 Å². The third-order valence-electron chi connectivity index (χ3n) is 4.54. The van der Waals surface area contributed by atoms with Gasteiger partial charge in [0.05, 0.1) is 11.6 Å². The number of piperidine rings is 1. The van der Waals surface area contributed by atoms with Gasteiger partial charge in [0.2, 0.25) is 5.91 Å². The average molecular weight is 292 g/mol. The van der Waals surface area contributed by atoms with Gasteiger partial charge >= 0.3 is 0 Å². The van der Waals surface area contributed by atoms with Crippen LogP contribution >= 0.6 is 0 Å². The number of likely N-dealkylation sites (tertiary alicyclic amines) is 1. The van der Waals surface area contributed by atoms with E-state index in [1.807, 2.05) is 25.7 Å². The van der Waals surface area contributed by atoms with Gasteiger partial charge in [0.15, 0.2) is 0 Å². The second-order valence-electron chi connectivity index (χ2n) is 6.60. The first kappa shape index (κ1) is 16.0. The zero-order chi connectivity index (χ0) is 15.6. The van der Waals surface area contributed by atoms with Crippen LogP contribution in [0, 0.1) is 19.8 Å². The maximum Gasteiger partial charge on any atom is 0.229 e. The highest BCUT2D eigenvalue weighted by molar-refractivity contribution is 5.84. The van der Waals surface area contributed by atoms with E-state index in [0.717, 1.165) is 55.3 Å². The number of hydrogen-bond acceptors (Lipinski definition) is 3. The summed E-state index contributed by atoms with van der Waals surface area (Å²) in [6.45, 7) is 8.85. The quantitative estimate of drug-likeness (QED) is 0.922. The van der Waals surface area contributed by atoms with Gasteiger partial charge in [-0.1, -0.05) is 0 Å². The summed E-state index contributed by atoms with van der Waals surface area (Å²) in [4.78, 5) is 17.0. The number of aromatic nitrogens is 2. The van der Waals surface area contributed by atoms with Crippen molar-refractivity contribution in [3.05, 3.63) is 17.0 Å². The van der Waals surface area contributed by atoms with E-state index in [0.29, 0.717) is 0 Å². The number of H-pyrrole nitrogens is 1. The van der Waals surface area contributed by atoms with Crippen molar-refractivity contribution in [2.75, 3.05) is 33.7 Å². The maximum absolute atomic E-state index is 12.7. The summed E-state index contributed by atoms with van der Waals surface area (Å²) in [5.74, 6) is 0.858. The zero-order valence-electron chi connectivity index (χ0n) is 13.9. The molecule has 1 aromatic rings. The fourth-order valence-electron chi connectivity index (χ4n) is 3.45. The van der Waals surface area contributed by atoms with E-state index in [9.17, 15) is 4.79 Å². The summed E-state index contributed by atoms with van der Waals surface area (Å²) < 4.78 is 0. The minimum atomic E-state index is -0.103. The summed E-state index contributed by atoms with van der Waals surface area (Å²) in [5, 5.41) is 7.19. The van der Waals surface area contributed by atoms with Crippen LogP contribution in [0.15, 0.2) is 0 Å². The molecule has 0 radical (unpaired) electrons. The van der Waals surface area contributed by atoms with E-state index in [4.69, 9.17) is 0 Å². The first-order chi connectivity index (χ1) is 9.90. The lowest BCUT2D eigenvalue weighted by Crippen LogP contribution is -2.42. The average Bonchev–Trinajstić information content (AvgIpc) is 2.77. The molecule has 1 N–H and O–H groups in total. The Morgan fingerprint density at radius 1 is 1.38 bits per heavy atom. The third-order valence-corrected chi connectivity index (χ3v) is 4.54. The molecule has 2 rings (SSSR count). The van der Waals surface area contributed by atoms with Crippen LogP contribution in [0.2, 0.25) is 0 Å². The fraction of sp³-hybridized carbons (Fsp3) is 0.750. The molecule has 0 aliphatic carbocycles. The number of nitrogens with one attached hydrogen (secondary N) is 1. The van der Waals surface area contributed by atoms with E-state index in [2.05, 4.69) is 29.2 Å². The number of rotatable bonds is 4. The van der Waals surface area contributed by atoms with Crippen LogP contribution in [0.25, 0.3) is 0 Å². The lowest BCUT2D eigenvalue weighted by atomic mass is 9.93. The van der Waals surface area contributed by atoms with Gasteiger partial charge < -0.3 is 9.80 Å². The molecule has 1 amide bonds. The monoisotopic (exact) mass is 292 g/mol. The Morgan fingerprint density at radius 2 is 2.00 bits per heavy atom. The normalized spacial score (nSPS) is 18.3. The van der Waals surface area contributed by atoms with E-state index < -0.39 is 0 Å². The molecule has 1 aliphatic heterocycles. The van der Waals surface area contributed by atoms with Crippen LogP contribution in [0.3, 0.4) is 0 Å². The maximum atomic E-state index is 12.7. The van der Waals surface area contributed by atoms with Crippen LogP contribution in [-0.4, -0.2) is 59.6 Å². The Balaban J connectivity index is 1.96. The highest BCUT2D eigenvalue weighted by Gasteiger charge is 2.29. The van der Waals surface area contributed by atoms with Gasteiger partial charge in [-0.3, -0.25) is 9.89 Å². The van der Waals surface area contributed by atoms with E-state index in [1.54, 1.807) is 0 Å². The summed E-state index contributed by atoms with van der Waals surface area (Å²) in [5.41, 5.74) is 3.02. The second-order valence-corrected chi connectivity index (χ2v) is 6.60. The topological polar surface area (TPSA) is 52.2 Å². The van der Waals surface area contributed by atoms with Gasteiger partial charge in [-0.05, 0) is 53.6 Å². The van der Waals surface area contributed by atoms with Gasteiger partial charge in [0.1, 0.15) is 0 Å². The largest absolute Gasteiger partial charge is 0.342 e. The number of hydrogen-bond donors (Lipinski definition) is 1. The SMILES string of the molecule is Cc1n[nH]c(C)c1C(C)C(=O)N1CCC(CN(C)C)CC1. The van der Waals surface area contributed by atoms with Crippen molar-refractivity contribution in [3.63, 3.8) is 0 Å². The first-order valence-electron chi connectivity index (χ1n) is 7.85. The number of carbonyl (C=O) groups excluding carboxylic acids is 1. The summed E-state index contributed by atoms with van der Waals surface area (Å²) >= 11 is 0. The van der Waals surface area contributed by atoms with Gasteiger partial charge in [-0.2, -0.15) is 5.10 Å². The molecule has 0 bridgehead atoms. The second kappa shape index (κ2) is 6.60. The van der Waals surface area contributed by atoms with Crippen LogP contribution in [0.4, 0.5) is 0 Å². The van der Waals surface area contributed by atoms with Crippen molar-refractivity contribution < 1.29 is 4.79 Å². The van der Waals surface area contributed by atoms with Crippen molar-refractivity contribution in [1.82, 2.24) is 20.0 Å².